The third-order valence-corrected chi connectivity index (χ3v) is 4.59. The van der Waals surface area contributed by atoms with Gasteiger partial charge in [0.15, 0.2) is 0 Å². The Hall–Kier alpha value is -2.40. The number of fused-ring (bicyclic) bond motifs is 1. The summed E-state index contributed by atoms with van der Waals surface area (Å²) < 4.78 is 12.9. The molecule has 0 atom stereocenters. The summed E-state index contributed by atoms with van der Waals surface area (Å²) in [6.45, 7) is 3.89. The van der Waals surface area contributed by atoms with E-state index in [0.717, 1.165) is 31.6 Å². The summed E-state index contributed by atoms with van der Waals surface area (Å²) in [5, 5.41) is 2.96. The van der Waals surface area contributed by atoms with Crippen molar-refractivity contribution in [2.75, 3.05) is 26.7 Å². The van der Waals surface area contributed by atoms with Crippen molar-refractivity contribution in [2.45, 2.75) is 19.5 Å². The molecule has 1 N–H and O–H groups in total. The van der Waals surface area contributed by atoms with E-state index >= 15 is 0 Å². The predicted octanol–water partition coefficient (Wildman–Crippen LogP) is 3.03. The van der Waals surface area contributed by atoms with E-state index in [4.69, 9.17) is 0 Å². The van der Waals surface area contributed by atoms with E-state index in [0.29, 0.717) is 13.1 Å². The molecule has 0 bridgehead atoms. The third-order valence-electron chi connectivity index (χ3n) is 4.59. The van der Waals surface area contributed by atoms with Gasteiger partial charge in [0.25, 0.3) is 0 Å². The van der Waals surface area contributed by atoms with Gasteiger partial charge in [-0.05, 0) is 35.2 Å². The molecule has 5 heteroatoms. The van der Waals surface area contributed by atoms with Gasteiger partial charge in [-0.3, -0.25) is 4.90 Å². The van der Waals surface area contributed by atoms with Gasteiger partial charge in [0, 0.05) is 39.8 Å². The summed E-state index contributed by atoms with van der Waals surface area (Å²) in [5.74, 6) is -0.265. The minimum atomic E-state index is -0.265. The highest BCUT2D eigenvalue weighted by Gasteiger charge is 2.16. The number of rotatable bonds is 5. The smallest absolute Gasteiger partial charge is 0.317 e. The standard InChI is InChI=1S/C20H24FN3O/c1-23(14-16-6-8-19(21)9-7-16)20(25)22-11-13-24-12-10-17-4-2-3-5-18(17)15-24/h2-9H,10-15H2,1H3,(H,22,25). The zero-order valence-corrected chi connectivity index (χ0v) is 14.5. The molecule has 1 heterocycles. The average molecular weight is 341 g/mol. The molecule has 2 amide bonds. The first-order valence-corrected chi connectivity index (χ1v) is 8.64. The minimum Gasteiger partial charge on any atom is -0.337 e. The maximum absolute atomic E-state index is 12.9. The molecule has 0 fully saturated rings. The highest BCUT2D eigenvalue weighted by Crippen LogP contribution is 2.17. The Labute approximate surface area is 148 Å². The van der Waals surface area contributed by atoms with Crippen LogP contribution < -0.4 is 5.32 Å². The van der Waals surface area contributed by atoms with E-state index in [2.05, 4.69) is 34.5 Å². The summed E-state index contributed by atoms with van der Waals surface area (Å²) >= 11 is 0. The number of benzene rings is 2. The van der Waals surface area contributed by atoms with E-state index in [1.807, 2.05) is 0 Å². The molecule has 3 rings (SSSR count). The van der Waals surface area contributed by atoms with Gasteiger partial charge in [0.1, 0.15) is 5.82 Å². The second-order valence-electron chi connectivity index (χ2n) is 6.51. The van der Waals surface area contributed by atoms with Crippen molar-refractivity contribution in [1.82, 2.24) is 15.1 Å². The van der Waals surface area contributed by atoms with E-state index in [1.165, 1.54) is 23.3 Å². The van der Waals surface area contributed by atoms with Crippen LogP contribution in [0.3, 0.4) is 0 Å². The Morgan fingerprint density at radius 3 is 2.64 bits per heavy atom. The Balaban J connectivity index is 1.41. The molecule has 0 spiro atoms. The van der Waals surface area contributed by atoms with Crippen LogP contribution in [-0.2, 0) is 19.5 Å². The predicted molar refractivity (Wildman–Crippen MR) is 96.7 cm³/mol. The molecule has 0 saturated heterocycles. The molecule has 0 saturated carbocycles. The molecule has 2 aromatic carbocycles. The number of halogens is 1. The molecule has 0 unspecified atom stereocenters. The lowest BCUT2D eigenvalue weighted by molar-refractivity contribution is 0.201. The third kappa shape index (κ3) is 4.79. The molecule has 1 aliphatic heterocycles. The summed E-state index contributed by atoms with van der Waals surface area (Å²) in [5.41, 5.74) is 3.72. The molecule has 0 radical (unpaired) electrons. The van der Waals surface area contributed by atoms with Crippen LogP contribution >= 0.6 is 0 Å². The van der Waals surface area contributed by atoms with Gasteiger partial charge in [0.2, 0.25) is 0 Å². The lowest BCUT2D eigenvalue weighted by atomic mass is 10.00. The van der Waals surface area contributed by atoms with Crippen LogP contribution in [0, 0.1) is 5.82 Å². The van der Waals surface area contributed by atoms with E-state index in [-0.39, 0.29) is 11.8 Å². The summed E-state index contributed by atoms with van der Waals surface area (Å²) in [7, 11) is 1.75. The first-order valence-electron chi connectivity index (χ1n) is 8.64. The molecule has 132 valence electrons. The fourth-order valence-corrected chi connectivity index (χ4v) is 3.14. The van der Waals surface area contributed by atoms with Crippen molar-refractivity contribution in [3.63, 3.8) is 0 Å². The monoisotopic (exact) mass is 341 g/mol. The number of amides is 2. The van der Waals surface area contributed by atoms with E-state index in [1.54, 1.807) is 24.1 Å². The Morgan fingerprint density at radius 2 is 1.88 bits per heavy atom. The topological polar surface area (TPSA) is 35.6 Å². The van der Waals surface area contributed by atoms with Gasteiger partial charge in [-0.1, -0.05) is 36.4 Å². The fourth-order valence-electron chi connectivity index (χ4n) is 3.14. The second-order valence-corrected chi connectivity index (χ2v) is 6.51. The van der Waals surface area contributed by atoms with Crippen LogP contribution in [0.2, 0.25) is 0 Å². The number of nitrogens with one attached hydrogen (secondary N) is 1. The van der Waals surface area contributed by atoms with Crippen LogP contribution in [0.4, 0.5) is 9.18 Å². The van der Waals surface area contributed by atoms with Gasteiger partial charge in [-0.25, -0.2) is 9.18 Å². The first kappa shape index (κ1) is 17.4. The molecular weight excluding hydrogens is 317 g/mol. The van der Waals surface area contributed by atoms with Gasteiger partial charge in [0.05, 0.1) is 0 Å². The van der Waals surface area contributed by atoms with Crippen molar-refractivity contribution in [1.29, 1.82) is 0 Å². The average Bonchev–Trinajstić information content (AvgIpc) is 2.63. The minimum absolute atomic E-state index is 0.110. The number of carbonyl (C=O) groups is 1. The Morgan fingerprint density at radius 1 is 1.16 bits per heavy atom. The lowest BCUT2D eigenvalue weighted by Crippen LogP contribution is -2.42. The second kappa shape index (κ2) is 8.12. The van der Waals surface area contributed by atoms with Crippen LogP contribution in [0.5, 0.6) is 0 Å². The normalized spacial score (nSPS) is 14.0. The largest absolute Gasteiger partial charge is 0.337 e. The van der Waals surface area contributed by atoms with Crippen molar-refractivity contribution in [3.05, 3.63) is 71.0 Å². The zero-order valence-electron chi connectivity index (χ0n) is 14.5. The number of hydrogen-bond acceptors (Lipinski definition) is 2. The van der Waals surface area contributed by atoms with Gasteiger partial charge < -0.3 is 10.2 Å². The summed E-state index contributed by atoms with van der Waals surface area (Å²) in [6, 6.07) is 14.6. The van der Waals surface area contributed by atoms with Gasteiger partial charge in [-0.15, -0.1) is 0 Å². The van der Waals surface area contributed by atoms with Gasteiger partial charge in [-0.2, -0.15) is 0 Å². The van der Waals surface area contributed by atoms with Gasteiger partial charge >= 0.3 is 6.03 Å². The molecule has 1 aliphatic rings. The fraction of sp³-hybridized carbons (Fsp3) is 0.350. The van der Waals surface area contributed by atoms with Crippen LogP contribution in [0.1, 0.15) is 16.7 Å². The van der Waals surface area contributed by atoms with E-state index in [9.17, 15) is 9.18 Å². The zero-order chi connectivity index (χ0) is 17.6. The van der Waals surface area contributed by atoms with Crippen LogP contribution in [0.25, 0.3) is 0 Å². The van der Waals surface area contributed by atoms with Crippen molar-refractivity contribution >= 4 is 6.03 Å². The molecular formula is C20H24FN3O. The lowest BCUT2D eigenvalue weighted by Gasteiger charge is -2.29. The first-order chi connectivity index (χ1) is 12.1. The van der Waals surface area contributed by atoms with Crippen molar-refractivity contribution < 1.29 is 9.18 Å². The SMILES string of the molecule is CN(Cc1ccc(F)cc1)C(=O)NCCN1CCc2ccccc2C1. The van der Waals surface area contributed by atoms with Crippen molar-refractivity contribution in [3.8, 4) is 0 Å². The Kier molecular flexibility index (Phi) is 5.66. The van der Waals surface area contributed by atoms with E-state index < -0.39 is 0 Å². The molecule has 0 aliphatic carbocycles. The summed E-state index contributed by atoms with van der Waals surface area (Å²) in [4.78, 5) is 16.2. The molecule has 0 aromatic heterocycles. The quantitative estimate of drug-likeness (QED) is 0.907. The molecule has 2 aromatic rings. The van der Waals surface area contributed by atoms with Crippen LogP contribution in [-0.4, -0.2) is 42.5 Å². The Bertz CT molecular complexity index is 717. The van der Waals surface area contributed by atoms with Crippen molar-refractivity contribution in [2.24, 2.45) is 0 Å². The molecule has 25 heavy (non-hydrogen) atoms. The highest BCUT2D eigenvalue weighted by atomic mass is 19.1. The number of carbonyl (C=O) groups excluding carboxylic acids is 1. The maximum atomic E-state index is 12.9. The molecule has 4 nitrogen and oxygen atoms in total. The maximum Gasteiger partial charge on any atom is 0.317 e. The summed E-state index contributed by atoms with van der Waals surface area (Å²) in [6.07, 6.45) is 1.06. The number of nitrogens with zero attached hydrogens (tertiary/aromatic N) is 2. The number of urea groups is 1. The highest BCUT2D eigenvalue weighted by molar-refractivity contribution is 5.73. The van der Waals surface area contributed by atoms with Crippen LogP contribution in [0.15, 0.2) is 48.5 Å². The number of hydrogen-bond donors (Lipinski definition) is 1.